The van der Waals surface area contributed by atoms with E-state index in [1.807, 2.05) is 104 Å². The van der Waals surface area contributed by atoms with Gasteiger partial charge in [-0.25, -0.2) is 0 Å². The molecular formula is C25H25N3O2S. The SMILES string of the molecule is Cc1ccc(C(=O)Nc2cccc([C@H]3SCC(=O)N3c3ccc(N(C)C)cc3)c2)cc1. The van der Waals surface area contributed by atoms with E-state index >= 15 is 0 Å². The summed E-state index contributed by atoms with van der Waals surface area (Å²) in [6, 6.07) is 23.2. The van der Waals surface area contributed by atoms with Crippen LogP contribution in [0, 0.1) is 6.92 Å². The lowest BCUT2D eigenvalue weighted by atomic mass is 10.1. The molecule has 0 aliphatic carbocycles. The van der Waals surface area contributed by atoms with Gasteiger partial charge in [-0.15, -0.1) is 11.8 Å². The number of rotatable bonds is 5. The summed E-state index contributed by atoms with van der Waals surface area (Å²) in [5.41, 5.74) is 5.38. The summed E-state index contributed by atoms with van der Waals surface area (Å²) in [5, 5.41) is 2.84. The molecule has 0 radical (unpaired) electrons. The Kier molecular flexibility index (Phi) is 6.00. The molecule has 3 aromatic carbocycles. The van der Waals surface area contributed by atoms with Crippen molar-refractivity contribution < 1.29 is 9.59 Å². The molecule has 1 N–H and O–H groups in total. The fraction of sp³-hybridized carbons (Fsp3) is 0.200. The molecule has 2 amide bonds. The molecule has 0 unspecified atom stereocenters. The fourth-order valence-electron chi connectivity index (χ4n) is 3.54. The van der Waals surface area contributed by atoms with Crippen molar-refractivity contribution in [3.05, 3.63) is 89.5 Å². The Labute approximate surface area is 187 Å². The zero-order valence-electron chi connectivity index (χ0n) is 17.8. The molecule has 3 aromatic rings. The lowest BCUT2D eigenvalue weighted by molar-refractivity contribution is -0.115. The number of carbonyl (C=O) groups excluding carboxylic acids is 2. The first kappa shape index (κ1) is 21.0. The Morgan fingerprint density at radius 2 is 1.74 bits per heavy atom. The van der Waals surface area contributed by atoms with E-state index in [2.05, 4.69) is 5.32 Å². The van der Waals surface area contributed by atoms with Gasteiger partial charge in [0.05, 0.1) is 5.75 Å². The second kappa shape index (κ2) is 8.86. The van der Waals surface area contributed by atoms with Crippen molar-refractivity contribution in [2.24, 2.45) is 0 Å². The first-order valence-corrected chi connectivity index (χ1v) is 11.2. The number of benzene rings is 3. The van der Waals surface area contributed by atoms with Crippen LogP contribution in [0.2, 0.25) is 0 Å². The van der Waals surface area contributed by atoms with Crippen LogP contribution in [0.4, 0.5) is 17.1 Å². The van der Waals surface area contributed by atoms with Crippen LogP contribution in [0.3, 0.4) is 0 Å². The van der Waals surface area contributed by atoms with Crippen LogP contribution in [0.5, 0.6) is 0 Å². The van der Waals surface area contributed by atoms with Crippen LogP contribution in [0.15, 0.2) is 72.8 Å². The highest BCUT2D eigenvalue weighted by atomic mass is 32.2. The largest absolute Gasteiger partial charge is 0.378 e. The minimum absolute atomic E-state index is 0.0849. The summed E-state index contributed by atoms with van der Waals surface area (Å²) in [5.74, 6) is 0.366. The maximum Gasteiger partial charge on any atom is 0.255 e. The van der Waals surface area contributed by atoms with Crippen molar-refractivity contribution >= 4 is 40.6 Å². The summed E-state index contributed by atoms with van der Waals surface area (Å²) in [7, 11) is 3.98. The molecular weight excluding hydrogens is 406 g/mol. The Balaban J connectivity index is 1.56. The van der Waals surface area contributed by atoms with Gasteiger partial charge in [0.25, 0.3) is 5.91 Å². The average molecular weight is 432 g/mol. The van der Waals surface area contributed by atoms with Crippen LogP contribution < -0.4 is 15.1 Å². The van der Waals surface area contributed by atoms with Gasteiger partial charge in [-0.05, 0) is 61.0 Å². The molecule has 6 heteroatoms. The summed E-state index contributed by atoms with van der Waals surface area (Å²) in [4.78, 5) is 29.1. The van der Waals surface area contributed by atoms with Crippen molar-refractivity contribution in [2.75, 3.05) is 35.0 Å². The minimum Gasteiger partial charge on any atom is -0.378 e. The van der Waals surface area contributed by atoms with E-state index in [4.69, 9.17) is 0 Å². The highest BCUT2D eigenvalue weighted by molar-refractivity contribution is 8.00. The van der Waals surface area contributed by atoms with E-state index in [-0.39, 0.29) is 17.2 Å². The minimum atomic E-state index is -0.150. The van der Waals surface area contributed by atoms with E-state index < -0.39 is 0 Å². The zero-order valence-corrected chi connectivity index (χ0v) is 18.6. The van der Waals surface area contributed by atoms with Gasteiger partial charge >= 0.3 is 0 Å². The summed E-state index contributed by atoms with van der Waals surface area (Å²) in [6.45, 7) is 1.99. The van der Waals surface area contributed by atoms with Crippen molar-refractivity contribution in [2.45, 2.75) is 12.3 Å². The van der Waals surface area contributed by atoms with Gasteiger partial charge in [-0.1, -0.05) is 29.8 Å². The molecule has 1 aliphatic rings. The highest BCUT2D eigenvalue weighted by Crippen LogP contribution is 2.42. The Hall–Kier alpha value is -3.25. The third-order valence-electron chi connectivity index (χ3n) is 5.26. The number of thioether (sulfide) groups is 1. The van der Waals surface area contributed by atoms with E-state index in [0.717, 1.165) is 22.5 Å². The van der Waals surface area contributed by atoms with Crippen LogP contribution in [0.1, 0.15) is 26.9 Å². The van der Waals surface area contributed by atoms with Crippen molar-refractivity contribution in [3.63, 3.8) is 0 Å². The highest BCUT2D eigenvalue weighted by Gasteiger charge is 2.34. The molecule has 0 aromatic heterocycles. The molecule has 0 spiro atoms. The average Bonchev–Trinajstić information content (AvgIpc) is 3.16. The fourth-order valence-corrected chi connectivity index (χ4v) is 4.71. The van der Waals surface area contributed by atoms with Crippen molar-refractivity contribution in [3.8, 4) is 0 Å². The lowest BCUT2D eigenvalue weighted by Gasteiger charge is -2.25. The number of amides is 2. The molecule has 1 heterocycles. The Bertz CT molecular complexity index is 1090. The smallest absolute Gasteiger partial charge is 0.255 e. The van der Waals surface area contributed by atoms with Crippen molar-refractivity contribution in [1.82, 2.24) is 0 Å². The normalized spacial score (nSPS) is 15.8. The summed E-state index contributed by atoms with van der Waals surface area (Å²) < 4.78 is 0. The predicted molar refractivity (Wildman–Crippen MR) is 129 cm³/mol. The monoisotopic (exact) mass is 431 g/mol. The third-order valence-corrected chi connectivity index (χ3v) is 6.47. The number of nitrogens with zero attached hydrogens (tertiary/aromatic N) is 2. The molecule has 4 rings (SSSR count). The van der Waals surface area contributed by atoms with E-state index in [1.54, 1.807) is 11.8 Å². The number of anilines is 3. The quantitative estimate of drug-likeness (QED) is 0.611. The number of aryl methyl sites for hydroxylation is 1. The van der Waals surface area contributed by atoms with Crippen LogP contribution in [0.25, 0.3) is 0 Å². The van der Waals surface area contributed by atoms with Gasteiger partial charge in [-0.2, -0.15) is 0 Å². The standard InChI is InChI=1S/C25H25N3O2S/c1-17-7-9-18(10-8-17)24(30)26-20-6-4-5-19(15-20)25-28(23(29)16-31-25)22-13-11-21(12-14-22)27(2)3/h4-15,25H,16H2,1-3H3,(H,26,30)/t25-/m1/s1. The van der Waals surface area contributed by atoms with Gasteiger partial charge in [0.1, 0.15) is 5.37 Å². The Morgan fingerprint density at radius 1 is 1.03 bits per heavy atom. The van der Waals surface area contributed by atoms with Gasteiger partial charge in [0.2, 0.25) is 5.91 Å². The number of hydrogen-bond acceptors (Lipinski definition) is 4. The van der Waals surface area contributed by atoms with Gasteiger partial charge in [0.15, 0.2) is 0 Å². The number of hydrogen-bond donors (Lipinski definition) is 1. The maximum atomic E-state index is 12.7. The zero-order chi connectivity index (χ0) is 22.0. The predicted octanol–water partition coefficient (Wildman–Crippen LogP) is 5.09. The lowest BCUT2D eigenvalue weighted by Crippen LogP contribution is -2.27. The molecule has 1 atom stereocenters. The van der Waals surface area contributed by atoms with Crippen LogP contribution >= 0.6 is 11.8 Å². The molecule has 1 fully saturated rings. The summed E-state index contributed by atoms with van der Waals surface area (Å²) >= 11 is 1.60. The van der Waals surface area contributed by atoms with E-state index in [0.29, 0.717) is 17.0 Å². The van der Waals surface area contributed by atoms with Gasteiger partial charge in [0, 0.05) is 36.7 Å². The number of nitrogens with one attached hydrogen (secondary N) is 1. The third kappa shape index (κ3) is 4.59. The first-order chi connectivity index (χ1) is 14.9. The van der Waals surface area contributed by atoms with Crippen LogP contribution in [-0.2, 0) is 4.79 Å². The molecule has 0 saturated carbocycles. The molecule has 1 saturated heterocycles. The van der Waals surface area contributed by atoms with E-state index in [9.17, 15) is 9.59 Å². The van der Waals surface area contributed by atoms with Crippen molar-refractivity contribution in [1.29, 1.82) is 0 Å². The molecule has 31 heavy (non-hydrogen) atoms. The second-order valence-electron chi connectivity index (χ2n) is 7.78. The molecule has 158 valence electrons. The summed E-state index contributed by atoms with van der Waals surface area (Å²) in [6.07, 6.45) is 0. The van der Waals surface area contributed by atoms with Gasteiger partial charge in [-0.3, -0.25) is 14.5 Å². The van der Waals surface area contributed by atoms with E-state index in [1.165, 1.54) is 0 Å². The number of carbonyl (C=O) groups is 2. The van der Waals surface area contributed by atoms with Gasteiger partial charge < -0.3 is 10.2 Å². The molecule has 1 aliphatic heterocycles. The van der Waals surface area contributed by atoms with Crippen LogP contribution in [-0.4, -0.2) is 31.7 Å². The topological polar surface area (TPSA) is 52.7 Å². The first-order valence-electron chi connectivity index (χ1n) is 10.1. The maximum absolute atomic E-state index is 12.7. The second-order valence-corrected chi connectivity index (χ2v) is 8.85. The Morgan fingerprint density at radius 3 is 2.42 bits per heavy atom. The molecule has 0 bridgehead atoms. The molecule has 5 nitrogen and oxygen atoms in total.